The molecule has 0 unspecified atom stereocenters. The zero-order valence-electron chi connectivity index (χ0n) is 12.2. The molecular weight excluding hydrogens is 270 g/mol. The third kappa shape index (κ3) is 3.48. The first-order chi connectivity index (χ1) is 9.61. The first kappa shape index (κ1) is 14.8. The van der Waals surface area contributed by atoms with Crippen molar-refractivity contribution in [2.45, 2.75) is 26.1 Å². The van der Waals surface area contributed by atoms with E-state index in [4.69, 9.17) is 11.6 Å². The number of hydrogen-bond donors (Lipinski definition) is 0. The highest BCUT2D eigenvalue weighted by molar-refractivity contribution is 6.17. The molecule has 0 fully saturated rings. The quantitative estimate of drug-likeness (QED) is 0.789. The van der Waals surface area contributed by atoms with Gasteiger partial charge in [0, 0.05) is 43.2 Å². The molecule has 0 saturated carbocycles. The van der Waals surface area contributed by atoms with E-state index in [0.29, 0.717) is 5.88 Å². The van der Waals surface area contributed by atoms with Crippen molar-refractivity contribution in [3.05, 3.63) is 53.0 Å². The van der Waals surface area contributed by atoms with Crippen LogP contribution in [0.15, 0.2) is 30.5 Å². The van der Waals surface area contributed by atoms with E-state index < -0.39 is 0 Å². The molecule has 0 amide bonds. The summed E-state index contributed by atoms with van der Waals surface area (Å²) in [4.78, 5) is 11.1. The molecule has 0 saturated heterocycles. The van der Waals surface area contributed by atoms with Crippen LogP contribution < -0.4 is 4.90 Å². The minimum Gasteiger partial charge on any atom is -0.359 e. The van der Waals surface area contributed by atoms with Crippen molar-refractivity contribution in [1.29, 1.82) is 0 Å². The molecule has 20 heavy (non-hydrogen) atoms. The highest BCUT2D eigenvalue weighted by Crippen LogP contribution is 2.23. The summed E-state index contributed by atoms with van der Waals surface area (Å²) in [7, 11) is 2.06. The molecule has 0 radical (unpaired) electrons. The third-order valence-corrected chi connectivity index (χ3v) is 3.65. The molecular formula is C16H20ClN3. The second-order valence-corrected chi connectivity index (χ2v) is 5.28. The molecule has 0 aliphatic heterocycles. The van der Waals surface area contributed by atoms with Crippen molar-refractivity contribution < 1.29 is 0 Å². The number of aromatic nitrogens is 2. The summed E-state index contributed by atoms with van der Waals surface area (Å²) in [5.41, 5.74) is 4.43. The summed E-state index contributed by atoms with van der Waals surface area (Å²) in [5.74, 6) is 1.47. The molecule has 0 atom stereocenters. The lowest BCUT2D eigenvalue weighted by molar-refractivity contribution is 0.829. The van der Waals surface area contributed by atoms with Gasteiger partial charge in [0.15, 0.2) is 0 Å². The van der Waals surface area contributed by atoms with Crippen LogP contribution in [-0.2, 0) is 12.3 Å². The van der Waals surface area contributed by atoms with Crippen LogP contribution in [0.25, 0.3) is 0 Å². The third-order valence-electron chi connectivity index (χ3n) is 3.38. The summed E-state index contributed by atoms with van der Waals surface area (Å²) in [6.45, 7) is 4.97. The van der Waals surface area contributed by atoms with Gasteiger partial charge in [-0.15, -0.1) is 11.6 Å². The second kappa shape index (κ2) is 6.71. The maximum atomic E-state index is 6.07. The van der Waals surface area contributed by atoms with Gasteiger partial charge < -0.3 is 4.90 Å². The fraction of sp³-hybridized carbons (Fsp3) is 0.375. The molecule has 2 rings (SSSR count). The summed E-state index contributed by atoms with van der Waals surface area (Å²) in [6, 6.07) is 8.07. The van der Waals surface area contributed by atoms with Crippen LogP contribution in [0.1, 0.15) is 22.5 Å². The van der Waals surface area contributed by atoms with Gasteiger partial charge in [0.25, 0.3) is 0 Å². The zero-order chi connectivity index (χ0) is 14.5. The van der Waals surface area contributed by atoms with Gasteiger partial charge in [0.1, 0.15) is 5.82 Å². The lowest BCUT2D eigenvalue weighted by Gasteiger charge is -2.22. The molecule has 106 valence electrons. The van der Waals surface area contributed by atoms with Gasteiger partial charge in [0.2, 0.25) is 0 Å². The molecule has 0 N–H and O–H groups in total. The normalized spacial score (nSPS) is 10.6. The highest BCUT2D eigenvalue weighted by Gasteiger charge is 2.12. The van der Waals surface area contributed by atoms with Crippen LogP contribution in [0, 0.1) is 13.8 Å². The molecule has 0 spiro atoms. The van der Waals surface area contributed by atoms with Crippen molar-refractivity contribution in [2.24, 2.45) is 0 Å². The molecule has 3 nitrogen and oxygen atoms in total. The first-order valence-corrected chi connectivity index (χ1v) is 7.29. The predicted octanol–water partition coefficient (Wildman–Crippen LogP) is 3.51. The van der Waals surface area contributed by atoms with Gasteiger partial charge in [-0.05, 0) is 37.6 Å². The average molecular weight is 290 g/mol. The Morgan fingerprint density at radius 2 is 2.05 bits per heavy atom. The fourth-order valence-electron chi connectivity index (χ4n) is 2.26. The summed E-state index contributed by atoms with van der Waals surface area (Å²) in [6.07, 6.45) is 2.72. The maximum Gasteiger partial charge on any atom is 0.133 e. The van der Waals surface area contributed by atoms with E-state index in [9.17, 15) is 0 Å². The van der Waals surface area contributed by atoms with Gasteiger partial charge >= 0.3 is 0 Å². The van der Waals surface area contributed by atoms with Gasteiger partial charge in [0.05, 0.1) is 5.88 Å². The molecule has 4 heteroatoms. The van der Waals surface area contributed by atoms with Crippen molar-refractivity contribution in [3.63, 3.8) is 0 Å². The summed E-state index contributed by atoms with van der Waals surface area (Å²) >= 11 is 6.07. The Kier molecular flexibility index (Phi) is 4.96. The Morgan fingerprint density at radius 3 is 2.70 bits per heavy atom. The topological polar surface area (TPSA) is 29.0 Å². The Morgan fingerprint density at radius 1 is 1.25 bits per heavy atom. The number of alkyl halides is 1. The lowest BCUT2D eigenvalue weighted by atomic mass is 10.1. The largest absolute Gasteiger partial charge is 0.359 e. The molecule has 2 aromatic heterocycles. The maximum absolute atomic E-state index is 6.07. The first-order valence-electron chi connectivity index (χ1n) is 6.76. The van der Waals surface area contributed by atoms with Crippen LogP contribution in [0.2, 0.25) is 0 Å². The van der Waals surface area contributed by atoms with Crippen molar-refractivity contribution in [1.82, 2.24) is 9.97 Å². The Hall–Kier alpha value is -1.61. The standard InChI is InChI=1S/C16H20ClN3/c1-12-10-13(2)19-16(15(12)11-17)20(3)9-7-14-6-4-5-8-18-14/h4-6,8,10H,7,9,11H2,1-3H3. The van der Waals surface area contributed by atoms with Crippen LogP contribution in [-0.4, -0.2) is 23.6 Å². The molecule has 0 aromatic carbocycles. The number of anilines is 1. The van der Waals surface area contributed by atoms with Crippen LogP contribution in [0.3, 0.4) is 0 Å². The number of aryl methyl sites for hydroxylation is 2. The van der Waals surface area contributed by atoms with Crippen LogP contribution in [0.4, 0.5) is 5.82 Å². The molecule has 0 aliphatic carbocycles. The minimum atomic E-state index is 0.488. The number of halogens is 1. The van der Waals surface area contributed by atoms with Gasteiger partial charge in [-0.25, -0.2) is 4.98 Å². The number of hydrogen-bond acceptors (Lipinski definition) is 3. The van der Waals surface area contributed by atoms with Crippen molar-refractivity contribution in [3.8, 4) is 0 Å². The summed E-state index contributed by atoms with van der Waals surface area (Å²) in [5, 5.41) is 0. The molecule has 0 aliphatic rings. The van der Waals surface area contributed by atoms with Gasteiger partial charge in [-0.3, -0.25) is 4.98 Å². The van der Waals surface area contributed by atoms with E-state index in [-0.39, 0.29) is 0 Å². The van der Waals surface area contributed by atoms with Crippen LogP contribution in [0.5, 0.6) is 0 Å². The van der Waals surface area contributed by atoms with E-state index in [1.165, 1.54) is 5.56 Å². The van der Waals surface area contributed by atoms with Crippen LogP contribution >= 0.6 is 11.6 Å². The SMILES string of the molecule is Cc1cc(C)c(CCl)c(N(C)CCc2ccccn2)n1. The second-order valence-electron chi connectivity index (χ2n) is 5.01. The monoisotopic (exact) mass is 289 g/mol. The van der Waals surface area contributed by atoms with E-state index >= 15 is 0 Å². The summed E-state index contributed by atoms with van der Waals surface area (Å²) < 4.78 is 0. The Balaban J connectivity index is 2.14. The van der Waals surface area contributed by atoms with E-state index in [0.717, 1.165) is 35.7 Å². The number of nitrogens with zero attached hydrogens (tertiary/aromatic N) is 3. The van der Waals surface area contributed by atoms with Gasteiger partial charge in [-0.1, -0.05) is 6.07 Å². The molecule has 0 bridgehead atoms. The smallest absolute Gasteiger partial charge is 0.133 e. The van der Waals surface area contributed by atoms with Crippen molar-refractivity contribution in [2.75, 3.05) is 18.5 Å². The van der Waals surface area contributed by atoms with E-state index in [2.05, 4.69) is 34.9 Å². The number of pyridine rings is 2. The zero-order valence-corrected chi connectivity index (χ0v) is 13.0. The van der Waals surface area contributed by atoms with E-state index in [1.54, 1.807) is 0 Å². The average Bonchev–Trinajstić information content (AvgIpc) is 2.45. The van der Waals surface area contributed by atoms with E-state index in [1.807, 2.05) is 31.3 Å². The fourth-order valence-corrected chi connectivity index (χ4v) is 2.59. The van der Waals surface area contributed by atoms with Gasteiger partial charge in [-0.2, -0.15) is 0 Å². The number of rotatable bonds is 5. The van der Waals surface area contributed by atoms with Crippen molar-refractivity contribution >= 4 is 17.4 Å². The predicted molar refractivity (Wildman–Crippen MR) is 84.5 cm³/mol. The molecule has 2 aromatic rings. The Labute approximate surface area is 125 Å². The Bertz CT molecular complexity index is 569. The number of likely N-dealkylation sites (N-methyl/N-ethyl adjacent to an activating group) is 1. The highest BCUT2D eigenvalue weighted by atomic mass is 35.5. The minimum absolute atomic E-state index is 0.488. The lowest BCUT2D eigenvalue weighted by Crippen LogP contribution is -2.23. The molecule has 2 heterocycles.